The number of benzene rings is 1. The normalized spacial score (nSPS) is 19.4. The van der Waals surface area contributed by atoms with E-state index in [1.807, 2.05) is 0 Å². The van der Waals surface area contributed by atoms with Gasteiger partial charge in [-0.1, -0.05) is 6.92 Å². The Kier molecular flexibility index (Phi) is 2.52. The van der Waals surface area contributed by atoms with E-state index in [0.717, 1.165) is 0 Å². The maximum absolute atomic E-state index is 13.4. The molecule has 0 N–H and O–H groups in total. The van der Waals surface area contributed by atoms with Gasteiger partial charge in [0.1, 0.15) is 11.5 Å². The highest BCUT2D eigenvalue weighted by Gasteiger charge is 2.34. The second kappa shape index (κ2) is 3.65. The number of carbonyl (C=O) groups is 1. The van der Waals surface area contributed by atoms with E-state index >= 15 is 0 Å². The van der Waals surface area contributed by atoms with Gasteiger partial charge in [-0.2, -0.15) is 13.2 Å². The molecule has 17 heavy (non-hydrogen) atoms. The van der Waals surface area contributed by atoms with Crippen molar-refractivity contribution >= 4 is 17.7 Å². The number of fused-ring (bicyclic) bond motifs is 1. The maximum atomic E-state index is 13.4. The number of rotatable bonds is 0. The van der Waals surface area contributed by atoms with E-state index in [1.54, 1.807) is 0 Å². The molecule has 6 heteroatoms. The van der Waals surface area contributed by atoms with E-state index < -0.39 is 29.3 Å². The fraction of sp³-hybridized carbons (Fsp3) is 0.273. The zero-order valence-corrected chi connectivity index (χ0v) is 8.68. The third kappa shape index (κ3) is 1.94. The Morgan fingerprint density at radius 3 is 2.53 bits per heavy atom. The largest absolute Gasteiger partial charge is 0.416 e. The lowest BCUT2D eigenvalue weighted by Gasteiger charge is -2.16. The molecule has 1 aromatic carbocycles. The molecule has 1 heterocycles. The fourth-order valence-electron chi connectivity index (χ4n) is 1.58. The summed E-state index contributed by atoms with van der Waals surface area (Å²) in [4.78, 5) is 15.3. The van der Waals surface area contributed by atoms with Crippen LogP contribution in [-0.4, -0.2) is 12.0 Å². The number of halogens is 4. The summed E-state index contributed by atoms with van der Waals surface area (Å²) in [7, 11) is 0. The van der Waals surface area contributed by atoms with Crippen LogP contribution in [0.4, 0.5) is 23.2 Å². The van der Waals surface area contributed by atoms with Crippen LogP contribution in [0, 0.1) is 11.7 Å². The molecule has 0 spiro atoms. The molecule has 2 rings (SSSR count). The Hall–Kier alpha value is -1.72. The van der Waals surface area contributed by atoms with Crippen molar-refractivity contribution < 1.29 is 22.4 Å². The third-order valence-corrected chi connectivity index (χ3v) is 2.50. The van der Waals surface area contributed by atoms with Crippen molar-refractivity contribution in [3.8, 4) is 0 Å². The van der Waals surface area contributed by atoms with Gasteiger partial charge in [-0.25, -0.2) is 4.39 Å². The molecule has 2 nitrogen and oxygen atoms in total. The van der Waals surface area contributed by atoms with Crippen molar-refractivity contribution in [3.05, 3.63) is 29.1 Å². The smallest absolute Gasteiger partial charge is 0.293 e. The maximum Gasteiger partial charge on any atom is 0.416 e. The van der Waals surface area contributed by atoms with Gasteiger partial charge in [0.15, 0.2) is 5.78 Å². The number of aliphatic imine (C=N–C) groups is 1. The topological polar surface area (TPSA) is 29.4 Å². The molecule has 0 aromatic heterocycles. The minimum Gasteiger partial charge on any atom is -0.293 e. The molecule has 90 valence electrons. The molecule has 0 fully saturated rings. The van der Waals surface area contributed by atoms with Gasteiger partial charge in [0, 0.05) is 11.8 Å². The molecule has 1 aliphatic rings. The minimum atomic E-state index is -4.68. The molecule has 0 bridgehead atoms. The molecule has 0 amide bonds. The number of hydrogen-bond acceptors (Lipinski definition) is 2. The summed E-state index contributed by atoms with van der Waals surface area (Å²) >= 11 is 0. The first-order chi connectivity index (χ1) is 7.80. The highest BCUT2D eigenvalue weighted by atomic mass is 19.4. The zero-order valence-electron chi connectivity index (χ0n) is 8.68. The van der Waals surface area contributed by atoms with Gasteiger partial charge in [0.2, 0.25) is 0 Å². The lowest BCUT2D eigenvalue weighted by Crippen LogP contribution is -2.18. The molecule has 0 radical (unpaired) electrons. The summed E-state index contributed by atoms with van der Waals surface area (Å²) in [6, 6.07) is 0.993. The predicted octanol–water partition coefficient (Wildman–Crippen LogP) is 3.38. The van der Waals surface area contributed by atoms with E-state index in [1.165, 1.54) is 13.1 Å². The second-order valence-corrected chi connectivity index (χ2v) is 3.78. The first kappa shape index (κ1) is 11.8. The van der Waals surface area contributed by atoms with Gasteiger partial charge < -0.3 is 0 Å². The number of carbonyl (C=O) groups excluding carboxylic acids is 1. The van der Waals surface area contributed by atoms with Crippen molar-refractivity contribution in [2.75, 3.05) is 0 Å². The SMILES string of the molecule is CC1C=Nc2c(F)cc(C(F)(F)F)cc2C1=O. The van der Waals surface area contributed by atoms with Crippen LogP contribution in [0.25, 0.3) is 0 Å². The van der Waals surface area contributed by atoms with Crippen molar-refractivity contribution in [1.82, 2.24) is 0 Å². The molecular formula is C11H7F4NO. The van der Waals surface area contributed by atoms with Crippen molar-refractivity contribution in [2.45, 2.75) is 13.1 Å². The van der Waals surface area contributed by atoms with Crippen LogP contribution in [0.1, 0.15) is 22.8 Å². The van der Waals surface area contributed by atoms with Crippen LogP contribution in [0.5, 0.6) is 0 Å². The molecule has 1 aliphatic heterocycles. The Morgan fingerprint density at radius 2 is 1.94 bits per heavy atom. The molecule has 1 atom stereocenters. The van der Waals surface area contributed by atoms with Crippen LogP contribution in [0.15, 0.2) is 17.1 Å². The van der Waals surface area contributed by atoms with E-state index in [0.29, 0.717) is 12.1 Å². The number of ketones is 1. The minimum absolute atomic E-state index is 0.313. The summed E-state index contributed by atoms with van der Waals surface area (Å²) in [5.41, 5.74) is -1.81. The average molecular weight is 245 g/mol. The Morgan fingerprint density at radius 1 is 1.29 bits per heavy atom. The molecule has 0 saturated carbocycles. The molecule has 0 saturated heterocycles. The lowest BCUT2D eigenvalue weighted by molar-refractivity contribution is -0.137. The van der Waals surface area contributed by atoms with Gasteiger partial charge >= 0.3 is 6.18 Å². The van der Waals surface area contributed by atoms with Crippen LogP contribution in [-0.2, 0) is 6.18 Å². The van der Waals surface area contributed by atoms with Gasteiger partial charge in [-0.3, -0.25) is 9.79 Å². The Balaban J connectivity index is 2.65. The van der Waals surface area contributed by atoms with Crippen molar-refractivity contribution in [1.29, 1.82) is 0 Å². The van der Waals surface area contributed by atoms with Crippen LogP contribution in [0.3, 0.4) is 0 Å². The summed E-state index contributed by atoms with van der Waals surface area (Å²) in [6.07, 6.45) is -3.46. The standard InChI is InChI=1S/C11H7F4NO/c1-5-4-16-9-7(10(5)17)2-6(3-8(9)12)11(13,14)15/h2-5H,1H3. The van der Waals surface area contributed by atoms with Gasteiger partial charge in [0.05, 0.1) is 11.5 Å². The summed E-state index contributed by atoms with van der Waals surface area (Å²) in [6.45, 7) is 1.49. The van der Waals surface area contributed by atoms with E-state index in [9.17, 15) is 22.4 Å². The summed E-state index contributed by atoms with van der Waals surface area (Å²) in [5, 5.41) is 0. The molecule has 0 aliphatic carbocycles. The third-order valence-electron chi connectivity index (χ3n) is 2.50. The van der Waals surface area contributed by atoms with Gasteiger partial charge in [-0.15, -0.1) is 0 Å². The summed E-state index contributed by atoms with van der Waals surface area (Å²) in [5.74, 6) is -2.32. The van der Waals surface area contributed by atoms with Crippen molar-refractivity contribution in [2.24, 2.45) is 10.9 Å². The number of hydrogen-bond donors (Lipinski definition) is 0. The monoisotopic (exact) mass is 245 g/mol. The fourth-order valence-corrected chi connectivity index (χ4v) is 1.58. The number of nitrogens with zero attached hydrogens (tertiary/aromatic N) is 1. The van der Waals surface area contributed by atoms with Crippen LogP contribution < -0.4 is 0 Å². The predicted molar refractivity (Wildman–Crippen MR) is 53.0 cm³/mol. The van der Waals surface area contributed by atoms with Gasteiger partial charge in [0.25, 0.3) is 0 Å². The Bertz CT molecular complexity index is 519. The second-order valence-electron chi connectivity index (χ2n) is 3.78. The number of Topliss-reactive ketones (excluding diaryl/α,β-unsaturated/α-hetero) is 1. The van der Waals surface area contributed by atoms with Gasteiger partial charge in [-0.05, 0) is 12.1 Å². The Labute approximate surface area is 94.0 Å². The molecule has 1 aromatic rings. The van der Waals surface area contributed by atoms with Crippen LogP contribution in [0.2, 0.25) is 0 Å². The number of alkyl halides is 3. The van der Waals surface area contributed by atoms with E-state index in [2.05, 4.69) is 4.99 Å². The first-order valence-corrected chi connectivity index (χ1v) is 4.80. The van der Waals surface area contributed by atoms with Crippen molar-refractivity contribution in [3.63, 3.8) is 0 Å². The zero-order chi connectivity index (χ0) is 12.8. The highest BCUT2D eigenvalue weighted by molar-refractivity contribution is 6.12. The average Bonchev–Trinajstić information content (AvgIpc) is 2.22. The summed E-state index contributed by atoms with van der Waals surface area (Å²) < 4.78 is 50.7. The van der Waals surface area contributed by atoms with E-state index in [-0.39, 0.29) is 11.3 Å². The molecule has 1 unspecified atom stereocenters. The van der Waals surface area contributed by atoms with Crippen LogP contribution >= 0.6 is 0 Å². The molecular weight excluding hydrogens is 238 g/mol. The quantitative estimate of drug-likeness (QED) is 0.644. The lowest BCUT2D eigenvalue weighted by atomic mass is 9.94. The highest BCUT2D eigenvalue weighted by Crippen LogP contribution is 2.36. The first-order valence-electron chi connectivity index (χ1n) is 4.80. The van der Waals surface area contributed by atoms with E-state index in [4.69, 9.17) is 0 Å².